The number of aliphatic hydroxyl groups excluding tert-OH is 1. The summed E-state index contributed by atoms with van der Waals surface area (Å²) in [4.78, 5) is 0. The molecule has 4 heteroatoms. The maximum Gasteiger partial charge on any atom is 0.137 e. The molecular weight excluding hydrogens is 266 g/mol. The SMILES string of the molecule is CCC(C)C(O)c1cc(F)c(Br)cc1F. The Balaban J connectivity index is 3.09. The molecule has 0 aliphatic carbocycles. The van der Waals surface area contributed by atoms with Crippen LogP contribution >= 0.6 is 15.9 Å². The second-order valence-corrected chi connectivity index (χ2v) is 4.47. The smallest absolute Gasteiger partial charge is 0.137 e. The van der Waals surface area contributed by atoms with Crippen molar-refractivity contribution in [3.63, 3.8) is 0 Å². The average molecular weight is 279 g/mol. The molecule has 2 atom stereocenters. The Kier molecular flexibility index (Phi) is 4.22. The van der Waals surface area contributed by atoms with E-state index >= 15 is 0 Å². The molecule has 2 unspecified atom stereocenters. The molecule has 15 heavy (non-hydrogen) atoms. The van der Waals surface area contributed by atoms with Crippen molar-refractivity contribution >= 4 is 15.9 Å². The average Bonchev–Trinajstić information content (AvgIpc) is 2.21. The third-order valence-corrected chi connectivity index (χ3v) is 3.15. The number of benzene rings is 1. The van der Waals surface area contributed by atoms with Crippen LogP contribution in [0.5, 0.6) is 0 Å². The zero-order chi connectivity index (χ0) is 11.6. The van der Waals surface area contributed by atoms with Crippen molar-refractivity contribution in [2.45, 2.75) is 26.4 Å². The minimum atomic E-state index is -0.961. The lowest BCUT2D eigenvalue weighted by atomic mass is 9.95. The summed E-state index contributed by atoms with van der Waals surface area (Å²) in [5.41, 5.74) is 0.0186. The van der Waals surface area contributed by atoms with Crippen LogP contribution in [-0.2, 0) is 0 Å². The van der Waals surface area contributed by atoms with Gasteiger partial charge in [0.05, 0.1) is 10.6 Å². The second kappa shape index (κ2) is 5.03. The molecule has 0 amide bonds. The van der Waals surface area contributed by atoms with Gasteiger partial charge in [0.1, 0.15) is 11.6 Å². The largest absolute Gasteiger partial charge is 0.388 e. The molecule has 0 aliphatic rings. The summed E-state index contributed by atoms with van der Waals surface area (Å²) in [7, 11) is 0. The van der Waals surface area contributed by atoms with Gasteiger partial charge in [-0.2, -0.15) is 0 Å². The van der Waals surface area contributed by atoms with Crippen LogP contribution in [0, 0.1) is 17.6 Å². The normalized spacial score (nSPS) is 15.1. The molecular formula is C11H13BrF2O. The highest BCUT2D eigenvalue weighted by Crippen LogP contribution is 2.29. The highest BCUT2D eigenvalue weighted by molar-refractivity contribution is 9.10. The van der Waals surface area contributed by atoms with E-state index in [-0.39, 0.29) is 16.0 Å². The van der Waals surface area contributed by atoms with Gasteiger partial charge < -0.3 is 5.11 Å². The Labute approximate surface area is 96.2 Å². The van der Waals surface area contributed by atoms with E-state index in [1.165, 1.54) is 0 Å². The fraction of sp³-hybridized carbons (Fsp3) is 0.455. The molecule has 0 radical (unpaired) electrons. The van der Waals surface area contributed by atoms with Gasteiger partial charge in [0, 0.05) is 5.56 Å². The van der Waals surface area contributed by atoms with Gasteiger partial charge in [0.2, 0.25) is 0 Å². The van der Waals surface area contributed by atoms with Crippen molar-refractivity contribution in [3.05, 3.63) is 33.8 Å². The molecule has 0 aliphatic heterocycles. The lowest BCUT2D eigenvalue weighted by Gasteiger charge is -2.18. The lowest BCUT2D eigenvalue weighted by molar-refractivity contribution is 0.111. The molecule has 1 rings (SSSR count). The molecule has 84 valence electrons. The number of hydrogen-bond donors (Lipinski definition) is 1. The van der Waals surface area contributed by atoms with Crippen LogP contribution in [0.2, 0.25) is 0 Å². The molecule has 0 spiro atoms. The molecule has 0 aromatic heterocycles. The summed E-state index contributed by atoms with van der Waals surface area (Å²) in [6, 6.07) is 2.08. The van der Waals surface area contributed by atoms with Crippen molar-refractivity contribution in [1.29, 1.82) is 0 Å². The Bertz CT molecular complexity index is 355. The third-order valence-electron chi connectivity index (χ3n) is 2.54. The third kappa shape index (κ3) is 2.75. The Morgan fingerprint density at radius 1 is 1.33 bits per heavy atom. The van der Waals surface area contributed by atoms with Gasteiger partial charge >= 0.3 is 0 Å². The fourth-order valence-corrected chi connectivity index (χ4v) is 1.61. The van der Waals surface area contributed by atoms with Crippen molar-refractivity contribution < 1.29 is 13.9 Å². The molecule has 0 heterocycles. The van der Waals surface area contributed by atoms with E-state index in [0.717, 1.165) is 12.1 Å². The van der Waals surface area contributed by atoms with Crippen LogP contribution in [-0.4, -0.2) is 5.11 Å². The van der Waals surface area contributed by atoms with Crippen molar-refractivity contribution in [1.82, 2.24) is 0 Å². The van der Waals surface area contributed by atoms with E-state index in [0.29, 0.717) is 6.42 Å². The van der Waals surface area contributed by atoms with E-state index in [1.54, 1.807) is 6.92 Å². The van der Waals surface area contributed by atoms with E-state index < -0.39 is 17.7 Å². The van der Waals surface area contributed by atoms with E-state index in [9.17, 15) is 13.9 Å². The van der Waals surface area contributed by atoms with Gasteiger partial charge in [-0.15, -0.1) is 0 Å². The van der Waals surface area contributed by atoms with E-state index in [2.05, 4.69) is 15.9 Å². The van der Waals surface area contributed by atoms with Crippen molar-refractivity contribution in [2.24, 2.45) is 5.92 Å². The zero-order valence-electron chi connectivity index (χ0n) is 8.60. The Morgan fingerprint density at radius 2 is 1.93 bits per heavy atom. The first-order valence-corrected chi connectivity index (χ1v) is 5.59. The molecule has 0 saturated heterocycles. The number of aliphatic hydroxyl groups is 1. The first-order chi connectivity index (χ1) is 6.97. The predicted octanol–water partition coefficient (Wildman–Crippen LogP) is 3.81. The quantitative estimate of drug-likeness (QED) is 0.834. The molecule has 1 nitrogen and oxygen atoms in total. The predicted molar refractivity (Wildman–Crippen MR) is 58.5 cm³/mol. The van der Waals surface area contributed by atoms with Crippen LogP contribution in [0.1, 0.15) is 31.9 Å². The van der Waals surface area contributed by atoms with Crippen LogP contribution in [0.3, 0.4) is 0 Å². The van der Waals surface area contributed by atoms with Gasteiger partial charge in [-0.25, -0.2) is 8.78 Å². The minimum Gasteiger partial charge on any atom is -0.388 e. The van der Waals surface area contributed by atoms with Crippen molar-refractivity contribution in [2.75, 3.05) is 0 Å². The van der Waals surface area contributed by atoms with Crippen LogP contribution in [0.15, 0.2) is 16.6 Å². The monoisotopic (exact) mass is 278 g/mol. The molecule has 0 bridgehead atoms. The summed E-state index contributed by atoms with van der Waals surface area (Å²) < 4.78 is 26.7. The molecule has 1 aromatic carbocycles. The first kappa shape index (κ1) is 12.6. The standard InChI is InChI=1S/C11H13BrF2O/c1-3-6(2)11(15)7-4-10(14)8(12)5-9(7)13/h4-6,11,15H,3H2,1-2H3. The number of hydrogen-bond acceptors (Lipinski definition) is 1. The van der Waals surface area contributed by atoms with Gasteiger partial charge in [-0.1, -0.05) is 20.3 Å². The molecule has 1 N–H and O–H groups in total. The number of halogens is 3. The lowest BCUT2D eigenvalue weighted by Crippen LogP contribution is -2.10. The van der Waals surface area contributed by atoms with Crippen LogP contribution in [0.25, 0.3) is 0 Å². The van der Waals surface area contributed by atoms with Gasteiger partial charge in [-0.05, 0) is 34.0 Å². The van der Waals surface area contributed by atoms with E-state index in [1.807, 2.05) is 6.92 Å². The van der Waals surface area contributed by atoms with Gasteiger partial charge in [0.25, 0.3) is 0 Å². The maximum atomic E-state index is 13.4. The minimum absolute atomic E-state index is 0.0186. The Hall–Kier alpha value is -0.480. The number of rotatable bonds is 3. The van der Waals surface area contributed by atoms with Gasteiger partial charge in [0.15, 0.2) is 0 Å². The van der Waals surface area contributed by atoms with Crippen LogP contribution < -0.4 is 0 Å². The van der Waals surface area contributed by atoms with Gasteiger partial charge in [-0.3, -0.25) is 0 Å². The molecule has 0 saturated carbocycles. The Morgan fingerprint density at radius 3 is 2.47 bits per heavy atom. The van der Waals surface area contributed by atoms with E-state index in [4.69, 9.17) is 0 Å². The molecule has 1 aromatic rings. The highest BCUT2D eigenvalue weighted by Gasteiger charge is 2.20. The fourth-order valence-electron chi connectivity index (χ4n) is 1.29. The summed E-state index contributed by atoms with van der Waals surface area (Å²) >= 11 is 2.89. The zero-order valence-corrected chi connectivity index (χ0v) is 10.2. The highest BCUT2D eigenvalue weighted by atomic mass is 79.9. The summed E-state index contributed by atoms with van der Waals surface area (Å²) in [5, 5.41) is 9.76. The summed E-state index contributed by atoms with van der Waals surface area (Å²) in [6.45, 7) is 3.69. The second-order valence-electron chi connectivity index (χ2n) is 3.62. The van der Waals surface area contributed by atoms with Crippen LogP contribution in [0.4, 0.5) is 8.78 Å². The van der Waals surface area contributed by atoms with Crippen molar-refractivity contribution in [3.8, 4) is 0 Å². The summed E-state index contributed by atoms with van der Waals surface area (Å²) in [5.74, 6) is -1.25. The summed E-state index contributed by atoms with van der Waals surface area (Å²) in [6.07, 6.45) is -0.254. The topological polar surface area (TPSA) is 20.2 Å². The molecule has 0 fully saturated rings. The first-order valence-electron chi connectivity index (χ1n) is 4.79. The maximum absolute atomic E-state index is 13.4.